The first-order valence-corrected chi connectivity index (χ1v) is 8.03. The molecule has 8 nitrogen and oxygen atoms in total. The molecule has 5 amide bonds. The maximum atomic E-state index is 12.0. The first-order valence-electron chi connectivity index (χ1n) is 7.65. The molecular formula is C16H18ClN3O5. The predicted octanol–water partition coefficient (Wildman–Crippen LogP) is 1.03. The van der Waals surface area contributed by atoms with E-state index in [9.17, 15) is 19.2 Å². The van der Waals surface area contributed by atoms with E-state index in [1.54, 1.807) is 38.1 Å². The van der Waals surface area contributed by atoms with Crippen LogP contribution >= 0.6 is 11.6 Å². The third-order valence-corrected chi connectivity index (χ3v) is 3.66. The van der Waals surface area contributed by atoms with Gasteiger partial charge in [-0.2, -0.15) is 0 Å². The highest BCUT2D eigenvalue weighted by molar-refractivity contribution is 6.45. The number of imide groups is 2. The van der Waals surface area contributed by atoms with Gasteiger partial charge in [0.15, 0.2) is 0 Å². The van der Waals surface area contributed by atoms with Gasteiger partial charge in [0.25, 0.3) is 0 Å². The SMILES string of the molecule is CC(C)N1C(=O)C(=O)N(CC(=O)NCCOc2ccc(Cl)cc2)C1=O. The summed E-state index contributed by atoms with van der Waals surface area (Å²) < 4.78 is 5.41. The topological polar surface area (TPSA) is 96.0 Å². The van der Waals surface area contributed by atoms with Gasteiger partial charge in [-0.15, -0.1) is 0 Å². The summed E-state index contributed by atoms with van der Waals surface area (Å²) in [5, 5.41) is 3.11. The number of halogens is 1. The second-order valence-electron chi connectivity index (χ2n) is 5.60. The van der Waals surface area contributed by atoms with Crippen LogP contribution in [0.15, 0.2) is 24.3 Å². The van der Waals surface area contributed by atoms with E-state index in [1.165, 1.54) is 0 Å². The van der Waals surface area contributed by atoms with Crippen LogP contribution < -0.4 is 10.1 Å². The number of hydrogen-bond acceptors (Lipinski definition) is 5. The molecule has 9 heteroatoms. The number of carbonyl (C=O) groups excluding carboxylic acids is 4. The molecule has 0 saturated carbocycles. The van der Waals surface area contributed by atoms with E-state index >= 15 is 0 Å². The van der Waals surface area contributed by atoms with Gasteiger partial charge in [-0.3, -0.25) is 19.3 Å². The Hall–Kier alpha value is -2.61. The van der Waals surface area contributed by atoms with E-state index < -0.39 is 36.3 Å². The summed E-state index contributed by atoms with van der Waals surface area (Å²) in [6.45, 7) is 3.10. The van der Waals surface area contributed by atoms with Crippen LogP contribution in [0.25, 0.3) is 0 Å². The fraction of sp³-hybridized carbons (Fsp3) is 0.375. The summed E-state index contributed by atoms with van der Waals surface area (Å²) in [6, 6.07) is 5.51. The number of nitrogens with zero attached hydrogens (tertiary/aromatic N) is 2. The Morgan fingerprint density at radius 3 is 2.36 bits per heavy atom. The molecule has 0 spiro atoms. The van der Waals surface area contributed by atoms with Crippen LogP contribution in [0.4, 0.5) is 4.79 Å². The quantitative estimate of drug-likeness (QED) is 0.441. The molecule has 134 valence electrons. The van der Waals surface area contributed by atoms with Crippen LogP contribution in [-0.2, 0) is 14.4 Å². The van der Waals surface area contributed by atoms with Gasteiger partial charge in [0.2, 0.25) is 5.91 Å². The fourth-order valence-electron chi connectivity index (χ4n) is 2.21. The van der Waals surface area contributed by atoms with E-state index in [0.717, 1.165) is 4.90 Å². The van der Waals surface area contributed by atoms with Crippen molar-refractivity contribution < 1.29 is 23.9 Å². The number of urea groups is 1. The zero-order chi connectivity index (χ0) is 18.6. The zero-order valence-corrected chi connectivity index (χ0v) is 14.6. The lowest BCUT2D eigenvalue weighted by Gasteiger charge is -2.18. The molecule has 1 fully saturated rings. The van der Waals surface area contributed by atoms with Crippen LogP contribution in [0.5, 0.6) is 5.75 Å². The number of ether oxygens (including phenoxy) is 1. The molecule has 0 bridgehead atoms. The van der Waals surface area contributed by atoms with Gasteiger partial charge >= 0.3 is 17.8 Å². The van der Waals surface area contributed by atoms with Gasteiger partial charge in [0, 0.05) is 11.1 Å². The van der Waals surface area contributed by atoms with Crippen molar-refractivity contribution in [2.24, 2.45) is 0 Å². The van der Waals surface area contributed by atoms with Gasteiger partial charge in [-0.25, -0.2) is 9.69 Å². The Bertz CT molecular complexity index is 690. The average Bonchev–Trinajstić information content (AvgIpc) is 2.77. The van der Waals surface area contributed by atoms with Crippen LogP contribution in [0.3, 0.4) is 0 Å². The molecule has 2 rings (SSSR count). The number of benzene rings is 1. The van der Waals surface area contributed by atoms with Gasteiger partial charge in [0.1, 0.15) is 18.9 Å². The number of hydrogen-bond donors (Lipinski definition) is 1. The van der Waals surface area contributed by atoms with Crippen LogP contribution in [0.1, 0.15) is 13.8 Å². The number of carbonyl (C=O) groups is 4. The Labute approximate surface area is 149 Å². The summed E-state index contributed by atoms with van der Waals surface area (Å²) in [6.07, 6.45) is 0. The molecular weight excluding hydrogens is 350 g/mol. The number of nitrogens with one attached hydrogen (secondary N) is 1. The molecule has 1 aliphatic heterocycles. The molecule has 0 aliphatic carbocycles. The molecule has 1 aromatic rings. The molecule has 1 aromatic carbocycles. The van der Waals surface area contributed by atoms with E-state index in [2.05, 4.69) is 5.32 Å². The predicted molar refractivity (Wildman–Crippen MR) is 89.0 cm³/mol. The number of rotatable bonds is 7. The third kappa shape index (κ3) is 4.48. The van der Waals surface area contributed by atoms with Crippen molar-refractivity contribution in [3.05, 3.63) is 29.3 Å². The lowest BCUT2D eigenvalue weighted by molar-refractivity contribution is -0.144. The Kier molecular flexibility index (Phi) is 5.97. The van der Waals surface area contributed by atoms with Crippen molar-refractivity contribution in [1.82, 2.24) is 15.1 Å². The Balaban J connectivity index is 1.78. The standard InChI is InChI=1S/C16H18ClN3O5/c1-10(2)20-15(23)14(22)19(16(20)24)9-13(21)18-7-8-25-12-5-3-11(17)4-6-12/h3-6,10H,7-9H2,1-2H3,(H,18,21). The van der Waals surface area contributed by atoms with Crippen molar-refractivity contribution in [3.8, 4) is 5.75 Å². The highest BCUT2D eigenvalue weighted by atomic mass is 35.5. The third-order valence-electron chi connectivity index (χ3n) is 3.41. The first kappa shape index (κ1) is 18.7. The first-order chi connectivity index (χ1) is 11.8. The molecule has 1 saturated heterocycles. The fourth-order valence-corrected chi connectivity index (χ4v) is 2.33. The maximum absolute atomic E-state index is 12.0. The summed E-state index contributed by atoms with van der Waals surface area (Å²) in [4.78, 5) is 48.9. The second kappa shape index (κ2) is 7.98. The molecule has 0 radical (unpaired) electrons. The van der Waals surface area contributed by atoms with Crippen LogP contribution in [0.2, 0.25) is 5.02 Å². The van der Waals surface area contributed by atoms with E-state index in [-0.39, 0.29) is 13.2 Å². The monoisotopic (exact) mass is 367 g/mol. The lowest BCUT2D eigenvalue weighted by atomic mass is 10.3. The van der Waals surface area contributed by atoms with Crippen LogP contribution in [-0.4, -0.2) is 59.3 Å². The summed E-state index contributed by atoms with van der Waals surface area (Å²) >= 11 is 5.76. The van der Waals surface area contributed by atoms with E-state index in [1.807, 2.05) is 0 Å². The van der Waals surface area contributed by atoms with Crippen molar-refractivity contribution in [2.75, 3.05) is 19.7 Å². The smallest absolute Gasteiger partial charge is 0.334 e. The molecule has 1 aliphatic rings. The second-order valence-corrected chi connectivity index (χ2v) is 6.03. The minimum absolute atomic E-state index is 0.180. The maximum Gasteiger partial charge on any atom is 0.334 e. The van der Waals surface area contributed by atoms with Crippen molar-refractivity contribution in [1.29, 1.82) is 0 Å². The van der Waals surface area contributed by atoms with E-state index in [4.69, 9.17) is 16.3 Å². The van der Waals surface area contributed by atoms with Crippen molar-refractivity contribution in [3.63, 3.8) is 0 Å². The van der Waals surface area contributed by atoms with Gasteiger partial charge in [-0.05, 0) is 38.1 Å². The average molecular weight is 368 g/mol. The van der Waals surface area contributed by atoms with Crippen LogP contribution in [0, 0.1) is 0 Å². The zero-order valence-electron chi connectivity index (χ0n) is 13.8. The molecule has 0 unspecified atom stereocenters. The summed E-state index contributed by atoms with van der Waals surface area (Å²) in [7, 11) is 0. The van der Waals surface area contributed by atoms with Gasteiger partial charge in [0.05, 0.1) is 6.54 Å². The Morgan fingerprint density at radius 2 is 1.80 bits per heavy atom. The Morgan fingerprint density at radius 1 is 1.16 bits per heavy atom. The van der Waals surface area contributed by atoms with Gasteiger partial charge < -0.3 is 10.1 Å². The largest absolute Gasteiger partial charge is 0.492 e. The van der Waals surface area contributed by atoms with Crippen molar-refractivity contribution in [2.45, 2.75) is 19.9 Å². The normalized spacial score (nSPS) is 14.5. The van der Waals surface area contributed by atoms with E-state index in [0.29, 0.717) is 15.7 Å². The highest BCUT2D eigenvalue weighted by Crippen LogP contribution is 2.16. The molecule has 1 N–H and O–H groups in total. The van der Waals surface area contributed by atoms with Gasteiger partial charge in [-0.1, -0.05) is 11.6 Å². The highest BCUT2D eigenvalue weighted by Gasteiger charge is 2.46. The molecule has 25 heavy (non-hydrogen) atoms. The van der Waals surface area contributed by atoms with Crippen molar-refractivity contribution >= 4 is 35.4 Å². The molecule has 0 atom stereocenters. The number of amides is 5. The molecule has 1 heterocycles. The molecule has 0 aromatic heterocycles. The summed E-state index contributed by atoms with van der Waals surface area (Å²) in [5.41, 5.74) is 0. The lowest BCUT2D eigenvalue weighted by Crippen LogP contribution is -2.43. The minimum atomic E-state index is -0.994. The minimum Gasteiger partial charge on any atom is -0.492 e. The summed E-state index contributed by atoms with van der Waals surface area (Å²) in [5.74, 6) is -1.87.